The lowest BCUT2D eigenvalue weighted by Crippen LogP contribution is -2.40. The molecule has 5 nitrogen and oxygen atoms in total. The fourth-order valence-corrected chi connectivity index (χ4v) is 3.49. The number of urea groups is 1. The average Bonchev–Trinajstić information content (AvgIpc) is 3.01. The van der Waals surface area contributed by atoms with Gasteiger partial charge < -0.3 is 19.9 Å². The zero-order valence-electron chi connectivity index (χ0n) is 14.0. The lowest BCUT2D eigenvalue weighted by molar-refractivity contribution is 0.150. The largest absolute Gasteiger partial charge is 0.494 e. The number of nitrogens with zero attached hydrogens (tertiary/aromatic N) is 2. The third-order valence-electron chi connectivity index (χ3n) is 4.95. The summed E-state index contributed by atoms with van der Waals surface area (Å²) in [5.74, 6) is 1.63. The van der Waals surface area contributed by atoms with Gasteiger partial charge in [0, 0.05) is 31.2 Å². The van der Waals surface area contributed by atoms with Crippen molar-refractivity contribution in [3.8, 4) is 5.75 Å². The number of piperidine rings is 1. The molecule has 2 saturated heterocycles. The van der Waals surface area contributed by atoms with Gasteiger partial charge in [-0.2, -0.15) is 0 Å². The minimum atomic E-state index is 0.0873. The van der Waals surface area contributed by atoms with E-state index < -0.39 is 0 Å². The molecule has 2 aliphatic heterocycles. The number of nitrogens with one attached hydrogen (secondary N) is 1. The number of carbonyl (C=O) groups is 1. The third kappa shape index (κ3) is 5.02. The van der Waals surface area contributed by atoms with Gasteiger partial charge in [-0.15, -0.1) is 0 Å². The number of ether oxygens (including phenoxy) is 1. The highest BCUT2D eigenvalue weighted by atomic mass is 35.5. The molecule has 24 heavy (non-hydrogen) atoms. The number of benzene rings is 1. The topological polar surface area (TPSA) is 44.8 Å². The Hall–Kier alpha value is -1.46. The van der Waals surface area contributed by atoms with Gasteiger partial charge in [0.05, 0.1) is 6.61 Å². The number of amides is 2. The van der Waals surface area contributed by atoms with Crippen molar-refractivity contribution in [3.63, 3.8) is 0 Å². The summed E-state index contributed by atoms with van der Waals surface area (Å²) in [5.41, 5.74) is 0. The summed E-state index contributed by atoms with van der Waals surface area (Å²) in [6.45, 7) is 6.48. The highest BCUT2D eigenvalue weighted by molar-refractivity contribution is 6.30. The lowest BCUT2D eigenvalue weighted by Gasteiger charge is -2.32. The van der Waals surface area contributed by atoms with Crippen molar-refractivity contribution < 1.29 is 9.53 Å². The third-order valence-corrected chi connectivity index (χ3v) is 5.20. The van der Waals surface area contributed by atoms with E-state index in [1.165, 1.54) is 12.8 Å². The summed E-state index contributed by atoms with van der Waals surface area (Å²) < 4.78 is 5.79. The fraction of sp³-hybridized carbons (Fsp3) is 0.611. The van der Waals surface area contributed by atoms with E-state index in [2.05, 4.69) is 10.2 Å². The highest BCUT2D eigenvalue weighted by Crippen LogP contribution is 2.22. The predicted molar refractivity (Wildman–Crippen MR) is 95.7 cm³/mol. The van der Waals surface area contributed by atoms with Crippen LogP contribution in [-0.4, -0.2) is 61.7 Å². The van der Waals surface area contributed by atoms with Crippen LogP contribution in [0.5, 0.6) is 5.75 Å². The van der Waals surface area contributed by atoms with E-state index in [9.17, 15) is 4.79 Å². The van der Waals surface area contributed by atoms with E-state index in [-0.39, 0.29) is 6.03 Å². The second-order valence-electron chi connectivity index (χ2n) is 6.60. The van der Waals surface area contributed by atoms with Crippen molar-refractivity contribution in [1.82, 2.24) is 15.1 Å². The Bertz CT molecular complexity index is 530. The number of hydrogen-bond donors (Lipinski definition) is 1. The Morgan fingerprint density at radius 1 is 1.12 bits per heavy atom. The minimum Gasteiger partial charge on any atom is -0.494 e. The van der Waals surface area contributed by atoms with Crippen LogP contribution < -0.4 is 10.1 Å². The van der Waals surface area contributed by atoms with E-state index >= 15 is 0 Å². The molecular weight excluding hydrogens is 326 g/mol. The average molecular weight is 352 g/mol. The second-order valence-corrected chi connectivity index (χ2v) is 7.03. The van der Waals surface area contributed by atoms with Crippen molar-refractivity contribution >= 4 is 17.6 Å². The van der Waals surface area contributed by atoms with Gasteiger partial charge >= 0.3 is 6.03 Å². The van der Waals surface area contributed by atoms with E-state index in [0.29, 0.717) is 0 Å². The quantitative estimate of drug-likeness (QED) is 0.821. The van der Waals surface area contributed by atoms with Crippen molar-refractivity contribution in [2.45, 2.75) is 19.3 Å². The van der Waals surface area contributed by atoms with E-state index in [1.54, 1.807) is 0 Å². The van der Waals surface area contributed by atoms with Crippen LogP contribution >= 0.6 is 11.6 Å². The van der Waals surface area contributed by atoms with Gasteiger partial charge in [0.1, 0.15) is 5.75 Å². The van der Waals surface area contributed by atoms with Crippen LogP contribution in [0.2, 0.25) is 5.02 Å². The lowest BCUT2D eigenvalue weighted by atomic mass is 9.94. The molecule has 1 aromatic carbocycles. The molecule has 2 amide bonds. The Labute approximate surface area is 148 Å². The van der Waals surface area contributed by atoms with Gasteiger partial charge in [-0.05, 0) is 62.5 Å². The summed E-state index contributed by atoms with van der Waals surface area (Å²) in [5, 5.41) is 3.59. The van der Waals surface area contributed by atoms with Gasteiger partial charge in [0.15, 0.2) is 0 Å². The zero-order chi connectivity index (χ0) is 16.8. The summed E-state index contributed by atoms with van der Waals surface area (Å²) in [6, 6.07) is 7.63. The molecule has 0 bridgehead atoms. The Morgan fingerprint density at radius 2 is 1.88 bits per heavy atom. The maximum Gasteiger partial charge on any atom is 0.317 e. The van der Waals surface area contributed by atoms with Crippen LogP contribution in [-0.2, 0) is 0 Å². The summed E-state index contributed by atoms with van der Waals surface area (Å²) in [4.78, 5) is 15.9. The van der Waals surface area contributed by atoms with Crippen molar-refractivity contribution in [2.75, 3.05) is 45.9 Å². The zero-order valence-corrected chi connectivity index (χ0v) is 14.8. The summed E-state index contributed by atoms with van der Waals surface area (Å²) in [7, 11) is 0. The molecular formula is C18H26ClN3O2. The molecule has 3 rings (SSSR count). The molecule has 0 atom stereocenters. The van der Waals surface area contributed by atoms with Crippen LogP contribution in [0, 0.1) is 5.92 Å². The van der Waals surface area contributed by atoms with Crippen LogP contribution in [0.25, 0.3) is 0 Å². The minimum absolute atomic E-state index is 0.0873. The van der Waals surface area contributed by atoms with E-state index in [1.807, 2.05) is 29.2 Å². The van der Waals surface area contributed by atoms with Gasteiger partial charge in [0.2, 0.25) is 0 Å². The first-order chi connectivity index (χ1) is 11.7. The molecule has 2 aliphatic rings. The molecule has 2 heterocycles. The first-order valence-corrected chi connectivity index (χ1v) is 9.22. The number of halogens is 1. The van der Waals surface area contributed by atoms with Crippen LogP contribution in [0.15, 0.2) is 24.3 Å². The Kier molecular flexibility index (Phi) is 6.21. The second kappa shape index (κ2) is 8.58. The molecule has 0 aliphatic carbocycles. The van der Waals surface area contributed by atoms with Gasteiger partial charge in [-0.1, -0.05) is 11.6 Å². The van der Waals surface area contributed by atoms with Crippen molar-refractivity contribution in [3.05, 3.63) is 29.3 Å². The molecule has 0 radical (unpaired) electrons. The van der Waals surface area contributed by atoms with E-state index in [0.717, 1.165) is 69.0 Å². The van der Waals surface area contributed by atoms with Crippen LogP contribution in [0.1, 0.15) is 19.3 Å². The molecule has 0 aromatic heterocycles. The predicted octanol–water partition coefficient (Wildman–Crippen LogP) is 2.85. The monoisotopic (exact) mass is 351 g/mol. The van der Waals surface area contributed by atoms with Crippen molar-refractivity contribution in [2.24, 2.45) is 5.92 Å². The van der Waals surface area contributed by atoms with Gasteiger partial charge in [0.25, 0.3) is 0 Å². The molecule has 2 fully saturated rings. The molecule has 0 spiro atoms. The molecule has 1 aromatic rings. The number of hydrogen-bond acceptors (Lipinski definition) is 3. The summed E-state index contributed by atoms with van der Waals surface area (Å²) in [6.07, 6.45) is 3.54. The Morgan fingerprint density at radius 3 is 2.54 bits per heavy atom. The van der Waals surface area contributed by atoms with Gasteiger partial charge in [-0.25, -0.2) is 4.79 Å². The fourth-order valence-electron chi connectivity index (χ4n) is 3.36. The first kappa shape index (κ1) is 17.4. The number of carbonyl (C=O) groups excluding carboxylic acids is 1. The van der Waals surface area contributed by atoms with Crippen LogP contribution in [0.4, 0.5) is 4.79 Å². The number of likely N-dealkylation sites (tertiary alicyclic amines) is 1. The highest BCUT2D eigenvalue weighted by Gasteiger charge is 2.22. The molecule has 0 saturated carbocycles. The molecule has 6 heteroatoms. The maximum atomic E-state index is 11.5. The molecule has 1 N–H and O–H groups in total. The smallest absolute Gasteiger partial charge is 0.317 e. The summed E-state index contributed by atoms with van der Waals surface area (Å²) >= 11 is 5.87. The maximum absolute atomic E-state index is 11.5. The normalized spacial score (nSPS) is 19.5. The van der Waals surface area contributed by atoms with Gasteiger partial charge in [-0.3, -0.25) is 0 Å². The standard InChI is InChI=1S/C18H26ClN3O2/c19-16-1-3-17(4-2-16)24-14-7-15-5-9-21(10-6-15)12-13-22-11-8-20-18(22)23/h1-4,15H,5-14H2,(H,20,23). The van der Waals surface area contributed by atoms with Crippen molar-refractivity contribution in [1.29, 1.82) is 0 Å². The van der Waals surface area contributed by atoms with E-state index in [4.69, 9.17) is 16.3 Å². The molecule has 0 unspecified atom stereocenters. The SMILES string of the molecule is O=C1NCCN1CCN1CCC(CCOc2ccc(Cl)cc2)CC1. The molecule has 132 valence electrons. The van der Waals surface area contributed by atoms with Crippen LogP contribution in [0.3, 0.4) is 0 Å². The Balaban J connectivity index is 1.29. The first-order valence-electron chi connectivity index (χ1n) is 8.84. The number of rotatable bonds is 7.